The van der Waals surface area contributed by atoms with E-state index in [4.69, 9.17) is 10.7 Å². The fourth-order valence-electron chi connectivity index (χ4n) is 4.80. The Morgan fingerprint density at radius 3 is 2.61 bits per heavy atom. The number of thiophene rings is 1. The van der Waals surface area contributed by atoms with Crippen LogP contribution in [0.3, 0.4) is 0 Å². The summed E-state index contributed by atoms with van der Waals surface area (Å²) in [5.74, 6) is -1.19. The molecule has 0 unspecified atom stereocenters. The highest BCUT2D eigenvalue weighted by Crippen LogP contribution is 2.48. The molecule has 4 heterocycles. The van der Waals surface area contributed by atoms with Gasteiger partial charge in [-0.25, -0.2) is 18.7 Å². The van der Waals surface area contributed by atoms with Crippen LogP contribution in [0.1, 0.15) is 62.2 Å². The van der Waals surface area contributed by atoms with E-state index in [2.05, 4.69) is 15.4 Å². The maximum absolute atomic E-state index is 13.8. The van der Waals surface area contributed by atoms with Crippen LogP contribution in [0.15, 0.2) is 42.6 Å². The zero-order valence-corrected chi connectivity index (χ0v) is 21.3. The molecule has 1 fully saturated rings. The number of amides is 2. The number of anilines is 1. The van der Waals surface area contributed by atoms with Gasteiger partial charge in [-0.2, -0.15) is 5.10 Å². The molecule has 2 amide bonds. The molecule has 1 aromatic carbocycles. The second-order valence-electron chi connectivity index (χ2n) is 9.39. The molecule has 1 aliphatic carbocycles. The Morgan fingerprint density at radius 2 is 1.95 bits per heavy atom. The van der Waals surface area contributed by atoms with Crippen LogP contribution in [0.4, 0.5) is 14.5 Å². The predicted molar refractivity (Wildman–Crippen MR) is 142 cm³/mol. The predicted octanol–water partition coefficient (Wildman–Crippen LogP) is 5.72. The molecule has 5 aromatic rings. The number of nitrogens with one attached hydrogen (secondary N) is 1. The summed E-state index contributed by atoms with van der Waals surface area (Å²) in [4.78, 5) is 35.4. The second-order valence-corrected chi connectivity index (χ2v) is 10.4. The van der Waals surface area contributed by atoms with Gasteiger partial charge in [0.2, 0.25) is 0 Å². The molecule has 11 heteroatoms. The maximum Gasteiger partial charge on any atom is 0.280 e. The van der Waals surface area contributed by atoms with Gasteiger partial charge >= 0.3 is 0 Å². The van der Waals surface area contributed by atoms with Crippen LogP contribution in [0, 0.1) is 6.92 Å². The Morgan fingerprint density at radius 1 is 1.18 bits per heavy atom. The summed E-state index contributed by atoms with van der Waals surface area (Å²) in [6.07, 6.45) is 0.742. The summed E-state index contributed by atoms with van der Waals surface area (Å²) in [5.41, 5.74) is 9.24. The molecule has 4 aromatic heterocycles. The molecular formula is C27H22F2N6O2S. The number of halogens is 2. The van der Waals surface area contributed by atoms with Crippen molar-refractivity contribution in [2.75, 3.05) is 5.32 Å². The topological polar surface area (TPSA) is 116 Å². The first kappa shape index (κ1) is 24.1. The number of fused-ring (bicyclic) bond motifs is 2. The molecule has 1 aliphatic rings. The summed E-state index contributed by atoms with van der Waals surface area (Å²) < 4.78 is 28.8. The lowest BCUT2D eigenvalue weighted by Crippen LogP contribution is -2.17. The summed E-state index contributed by atoms with van der Waals surface area (Å²) in [6, 6.07) is 10.3. The van der Waals surface area contributed by atoms with Gasteiger partial charge in [-0.1, -0.05) is 18.2 Å². The summed E-state index contributed by atoms with van der Waals surface area (Å²) in [7, 11) is 1.81. The van der Waals surface area contributed by atoms with Crippen molar-refractivity contribution in [3.8, 4) is 11.3 Å². The van der Waals surface area contributed by atoms with Crippen LogP contribution >= 0.6 is 11.3 Å². The number of alkyl halides is 2. The quantitative estimate of drug-likeness (QED) is 0.290. The first-order valence-corrected chi connectivity index (χ1v) is 12.8. The van der Waals surface area contributed by atoms with E-state index in [-0.39, 0.29) is 27.0 Å². The number of carbonyl (C=O) groups is 2. The van der Waals surface area contributed by atoms with Crippen LogP contribution in [-0.2, 0) is 7.05 Å². The van der Waals surface area contributed by atoms with Crippen LogP contribution < -0.4 is 11.1 Å². The zero-order valence-electron chi connectivity index (χ0n) is 20.5. The highest BCUT2D eigenvalue weighted by atomic mass is 32.1. The Kier molecular flexibility index (Phi) is 5.68. The smallest absolute Gasteiger partial charge is 0.280 e. The third kappa shape index (κ3) is 4.08. The average molecular weight is 533 g/mol. The zero-order chi connectivity index (χ0) is 26.7. The Balaban J connectivity index is 1.52. The number of aryl methyl sites for hydroxylation is 2. The molecule has 0 aliphatic heterocycles. The molecule has 0 radical (unpaired) electrons. The number of hydrogen-bond donors (Lipinski definition) is 2. The number of hydrogen-bond acceptors (Lipinski definition) is 6. The SMILES string of the molecule is Cc1nn(C)cc1-c1cc(C(=O)Nc2c(C(N)=O)sc3nc(C(F)F)cc(C4CC4)c23)c2ccccc2n1. The number of rotatable bonds is 6. The lowest BCUT2D eigenvalue weighted by molar-refractivity contribution is 0.100. The number of para-hydroxylation sites is 1. The minimum absolute atomic E-state index is 0.0610. The fourth-order valence-corrected chi connectivity index (χ4v) is 5.82. The highest BCUT2D eigenvalue weighted by molar-refractivity contribution is 7.21. The molecule has 3 N–H and O–H groups in total. The van der Waals surface area contributed by atoms with Gasteiger partial charge in [0, 0.05) is 29.6 Å². The number of nitrogens with zero attached hydrogens (tertiary/aromatic N) is 4. The lowest BCUT2D eigenvalue weighted by atomic mass is 10.0. The van der Waals surface area contributed by atoms with E-state index in [0.717, 1.165) is 35.4 Å². The van der Waals surface area contributed by atoms with Gasteiger partial charge in [0.15, 0.2) is 0 Å². The first-order chi connectivity index (χ1) is 18.2. The summed E-state index contributed by atoms with van der Waals surface area (Å²) in [5, 5.41) is 8.39. The van der Waals surface area contributed by atoms with E-state index in [1.165, 1.54) is 6.07 Å². The van der Waals surface area contributed by atoms with Crippen LogP contribution in [-0.4, -0.2) is 31.6 Å². The maximum atomic E-state index is 13.8. The summed E-state index contributed by atoms with van der Waals surface area (Å²) >= 11 is 0.911. The van der Waals surface area contributed by atoms with E-state index in [1.807, 2.05) is 38.4 Å². The number of nitrogens with two attached hydrogens (primary N) is 1. The van der Waals surface area contributed by atoms with Crippen LogP contribution in [0.25, 0.3) is 32.4 Å². The normalized spacial score (nSPS) is 13.5. The van der Waals surface area contributed by atoms with E-state index >= 15 is 0 Å². The second kappa shape index (κ2) is 8.95. The molecule has 6 rings (SSSR count). The van der Waals surface area contributed by atoms with Gasteiger partial charge in [0.1, 0.15) is 15.4 Å². The van der Waals surface area contributed by atoms with Crippen molar-refractivity contribution < 1.29 is 18.4 Å². The number of benzene rings is 1. The van der Waals surface area contributed by atoms with Gasteiger partial charge in [0.25, 0.3) is 18.2 Å². The number of aromatic nitrogens is 4. The van der Waals surface area contributed by atoms with E-state index in [0.29, 0.717) is 33.1 Å². The molecule has 38 heavy (non-hydrogen) atoms. The molecule has 1 saturated carbocycles. The molecular weight excluding hydrogens is 510 g/mol. The molecule has 0 bridgehead atoms. The monoisotopic (exact) mass is 532 g/mol. The molecule has 192 valence electrons. The molecule has 0 atom stereocenters. The highest BCUT2D eigenvalue weighted by Gasteiger charge is 2.32. The van der Waals surface area contributed by atoms with Crippen molar-refractivity contribution in [1.29, 1.82) is 0 Å². The van der Waals surface area contributed by atoms with Crippen molar-refractivity contribution in [3.05, 3.63) is 70.0 Å². The average Bonchev–Trinajstić information content (AvgIpc) is 3.59. The molecule has 8 nitrogen and oxygen atoms in total. The lowest BCUT2D eigenvalue weighted by Gasteiger charge is -2.12. The van der Waals surface area contributed by atoms with Crippen molar-refractivity contribution in [3.63, 3.8) is 0 Å². The largest absolute Gasteiger partial charge is 0.365 e. The molecule has 0 saturated heterocycles. The van der Waals surface area contributed by atoms with E-state index in [1.54, 1.807) is 16.8 Å². The first-order valence-electron chi connectivity index (χ1n) is 12.0. The molecule has 0 spiro atoms. The van der Waals surface area contributed by atoms with Crippen LogP contribution in [0.2, 0.25) is 0 Å². The van der Waals surface area contributed by atoms with E-state index in [9.17, 15) is 18.4 Å². The standard InChI is InChI=1S/C27H22F2N6O2S/c1-12-17(11-35(2)34-12)19-10-16(14-5-3-4-6-18(14)31-19)26(37)33-22-21-15(13-7-8-13)9-20(24(28)29)32-27(21)38-23(22)25(30)36/h3-6,9-11,13,24H,7-8H2,1-2H3,(H2,30,36)(H,33,37). The van der Waals surface area contributed by atoms with Gasteiger partial charge in [0.05, 0.1) is 28.2 Å². The van der Waals surface area contributed by atoms with Crippen molar-refractivity contribution in [1.82, 2.24) is 19.7 Å². The van der Waals surface area contributed by atoms with Gasteiger partial charge in [-0.05, 0) is 49.4 Å². The Hall–Kier alpha value is -4.25. The minimum atomic E-state index is -2.76. The number of primary amides is 1. The Labute approximate surface area is 219 Å². The number of carbonyl (C=O) groups excluding carboxylic acids is 2. The van der Waals surface area contributed by atoms with Crippen molar-refractivity contribution in [2.24, 2.45) is 12.8 Å². The van der Waals surface area contributed by atoms with Crippen molar-refractivity contribution in [2.45, 2.75) is 32.1 Å². The fraction of sp³-hybridized carbons (Fsp3) is 0.222. The third-order valence-corrected chi connectivity index (χ3v) is 7.76. The van der Waals surface area contributed by atoms with Crippen molar-refractivity contribution >= 4 is 50.0 Å². The van der Waals surface area contributed by atoms with Crippen LogP contribution in [0.5, 0.6) is 0 Å². The van der Waals surface area contributed by atoms with Gasteiger partial charge in [-0.3, -0.25) is 14.3 Å². The minimum Gasteiger partial charge on any atom is -0.365 e. The summed E-state index contributed by atoms with van der Waals surface area (Å²) in [6.45, 7) is 1.86. The third-order valence-electron chi connectivity index (χ3n) is 6.67. The van der Waals surface area contributed by atoms with Gasteiger partial charge in [-0.15, -0.1) is 11.3 Å². The number of pyridine rings is 2. The Bertz CT molecular complexity index is 1770. The van der Waals surface area contributed by atoms with Gasteiger partial charge < -0.3 is 11.1 Å². The van der Waals surface area contributed by atoms with E-state index < -0.39 is 18.2 Å².